The van der Waals surface area contributed by atoms with Gasteiger partial charge in [0.15, 0.2) is 0 Å². The van der Waals surface area contributed by atoms with E-state index in [1.807, 2.05) is 11.8 Å². The molecule has 1 unspecified atom stereocenters. The Kier molecular flexibility index (Phi) is 4.05. The van der Waals surface area contributed by atoms with E-state index in [0.717, 1.165) is 32.5 Å². The summed E-state index contributed by atoms with van der Waals surface area (Å²) < 4.78 is 0. The lowest BCUT2D eigenvalue weighted by molar-refractivity contribution is -0.135. The molecular formula is C13H25N3O. The highest BCUT2D eigenvalue weighted by molar-refractivity contribution is 5.81. The molecule has 0 aromatic carbocycles. The summed E-state index contributed by atoms with van der Waals surface area (Å²) >= 11 is 0. The van der Waals surface area contributed by atoms with Crippen molar-refractivity contribution in [2.75, 3.05) is 26.7 Å². The van der Waals surface area contributed by atoms with Crippen LogP contribution in [-0.2, 0) is 4.79 Å². The summed E-state index contributed by atoms with van der Waals surface area (Å²) in [5.41, 5.74) is 5.79. The first kappa shape index (κ1) is 12.8. The molecule has 1 aliphatic carbocycles. The van der Waals surface area contributed by atoms with E-state index in [0.29, 0.717) is 17.9 Å². The third kappa shape index (κ3) is 2.99. The van der Waals surface area contributed by atoms with Crippen LogP contribution in [0.2, 0.25) is 0 Å². The molecule has 0 spiro atoms. The second-order valence-corrected chi connectivity index (χ2v) is 5.75. The maximum absolute atomic E-state index is 12.2. The molecule has 2 aliphatic rings. The molecule has 0 aromatic rings. The van der Waals surface area contributed by atoms with Crippen molar-refractivity contribution in [2.24, 2.45) is 11.7 Å². The van der Waals surface area contributed by atoms with Crippen LogP contribution in [0.5, 0.6) is 0 Å². The maximum atomic E-state index is 12.2. The van der Waals surface area contributed by atoms with E-state index in [-0.39, 0.29) is 6.04 Å². The zero-order valence-corrected chi connectivity index (χ0v) is 11.1. The summed E-state index contributed by atoms with van der Waals surface area (Å²) in [5, 5.41) is 0. The first-order valence-electron chi connectivity index (χ1n) is 6.82. The van der Waals surface area contributed by atoms with Crippen LogP contribution >= 0.6 is 0 Å². The van der Waals surface area contributed by atoms with Gasteiger partial charge in [0, 0.05) is 25.7 Å². The molecule has 1 aliphatic heterocycles. The number of hydrogen-bond acceptors (Lipinski definition) is 3. The van der Waals surface area contributed by atoms with Gasteiger partial charge in [0.2, 0.25) is 5.91 Å². The van der Waals surface area contributed by atoms with Gasteiger partial charge in [0.25, 0.3) is 0 Å². The molecule has 1 atom stereocenters. The molecule has 4 nitrogen and oxygen atoms in total. The van der Waals surface area contributed by atoms with Gasteiger partial charge < -0.3 is 10.6 Å². The second-order valence-electron chi connectivity index (χ2n) is 5.75. The Bertz CT molecular complexity index is 270. The Labute approximate surface area is 104 Å². The van der Waals surface area contributed by atoms with E-state index in [9.17, 15) is 4.79 Å². The van der Waals surface area contributed by atoms with Crippen molar-refractivity contribution in [3.05, 3.63) is 0 Å². The Hall–Kier alpha value is -0.610. The SMILES string of the molecule is CC(C(=O)N1CCCC1)N(C)CC1CC(N)C1. The highest BCUT2D eigenvalue weighted by atomic mass is 16.2. The van der Waals surface area contributed by atoms with Crippen molar-refractivity contribution >= 4 is 5.91 Å². The molecular weight excluding hydrogens is 214 g/mol. The highest BCUT2D eigenvalue weighted by Gasteiger charge is 2.31. The predicted octanol–water partition coefficient (Wildman–Crippen LogP) is 0.666. The van der Waals surface area contributed by atoms with E-state index in [1.165, 1.54) is 12.8 Å². The first-order valence-corrected chi connectivity index (χ1v) is 6.82. The largest absolute Gasteiger partial charge is 0.341 e. The van der Waals surface area contributed by atoms with E-state index in [2.05, 4.69) is 11.9 Å². The van der Waals surface area contributed by atoms with Gasteiger partial charge in [-0.1, -0.05) is 0 Å². The quantitative estimate of drug-likeness (QED) is 0.784. The maximum Gasteiger partial charge on any atom is 0.239 e. The summed E-state index contributed by atoms with van der Waals surface area (Å²) in [7, 11) is 2.06. The van der Waals surface area contributed by atoms with E-state index >= 15 is 0 Å². The molecule has 2 N–H and O–H groups in total. The molecule has 1 amide bonds. The summed E-state index contributed by atoms with van der Waals surface area (Å²) in [5.74, 6) is 0.998. The lowest BCUT2D eigenvalue weighted by Crippen LogP contribution is -2.49. The average molecular weight is 239 g/mol. The normalized spacial score (nSPS) is 30.5. The van der Waals surface area contributed by atoms with Gasteiger partial charge >= 0.3 is 0 Å². The molecule has 1 saturated carbocycles. The zero-order valence-electron chi connectivity index (χ0n) is 11.1. The molecule has 2 rings (SSSR count). The van der Waals surface area contributed by atoms with Crippen LogP contribution < -0.4 is 5.73 Å². The molecule has 98 valence electrons. The van der Waals surface area contributed by atoms with Crippen LogP contribution in [0.3, 0.4) is 0 Å². The number of carbonyl (C=O) groups is 1. The standard InChI is InChI=1S/C13H25N3O/c1-10(13(17)16-5-3-4-6-16)15(2)9-11-7-12(14)8-11/h10-12H,3-9,14H2,1-2H3. The molecule has 0 radical (unpaired) electrons. The Morgan fingerprint density at radius 1 is 1.41 bits per heavy atom. The highest BCUT2D eigenvalue weighted by Crippen LogP contribution is 2.26. The van der Waals surface area contributed by atoms with Crippen molar-refractivity contribution in [1.29, 1.82) is 0 Å². The smallest absolute Gasteiger partial charge is 0.239 e. The van der Waals surface area contributed by atoms with Gasteiger partial charge in [-0.05, 0) is 45.6 Å². The van der Waals surface area contributed by atoms with Crippen LogP contribution in [0.1, 0.15) is 32.6 Å². The van der Waals surface area contributed by atoms with Crippen LogP contribution in [0.4, 0.5) is 0 Å². The van der Waals surface area contributed by atoms with Gasteiger partial charge in [-0.2, -0.15) is 0 Å². The van der Waals surface area contributed by atoms with E-state index in [1.54, 1.807) is 0 Å². The Balaban J connectivity index is 1.77. The molecule has 17 heavy (non-hydrogen) atoms. The van der Waals surface area contributed by atoms with Gasteiger partial charge in [0.05, 0.1) is 6.04 Å². The molecule has 0 bridgehead atoms. The lowest BCUT2D eigenvalue weighted by Gasteiger charge is -2.37. The number of amides is 1. The fraction of sp³-hybridized carbons (Fsp3) is 0.923. The minimum Gasteiger partial charge on any atom is -0.341 e. The summed E-state index contributed by atoms with van der Waals surface area (Å²) in [6.07, 6.45) is 4.57. The minimum absolute atomic E-state index is 0.0184. The van der Waals surface area contributed by atoms with Crippen molar-refractivity contribution in [3.63, 3.8) is 0 Å². The number of carbonyl (C=O) groups excluding carboxylic acids is 1. The molecule has 1 saturated heterocycles. The van der Waals surface area contributed by atoms with E-state index in [4.69, 9.17) is 5.73 Å². The molecule has 1 heterocycles. The third-order valence-electron chi connectivity index (χ3n) is 4.25. The number of nitrogens with zero attached hydrogens (tertiary/aromatic N) is 2. The van der Waals surface area contributed by atoms with Crippen molar-refractivity contribution in [2.45, 2.75) is 44.7 Å². The molecule has 2 fully saturated rings. The fourth-order valence-corrected chi connectivity index (χ4v) is 2.89. The first-order chi connectivity index (χ1) is 8.08. The second kappa shape index (κ2) is 5.36. The average Bonchev–Trinajstić information content (AvgIpc) is 2.78. The number of nitrogens with two attached hydrogens (primary N) is 1. The number of rotatable bonds is 4. The lowest BCUT2D eigenvalue weighted by atomic mass is 9.80. The molecule has 0 aromatic heterocycles. The van der Waals surface area contributed by atoms with Crippen molar-refractivity contribution in [3.8, 4) is 0 Å². The fourth-order valence-electron chi connectivity index (χ4n) is 2.89. The van der Waals surface area contributed by atoms with Gasteiger partial charge in [-0.15, -0.1) is 0 Å². The summed E-state index contributed by atoms with van der Waals surface area (Å²) in [4.78, 5) is 16.4. The molecule has 4 heteroatoms. The summed E-state index contributed by atoms with van der Waals surface area (Å²) in [6.45, 7) is 4.93. The minimum atomic E-state index is 0.0184. The van der Waals surface area contributed by atoms with E-state index < -0.39 is 0 Å². The summed E-state index contributed by atoms with van der Waals surface area (Å²) in [6, 6.07) is 0.419. The topological polar surface area (TPSA) is 49.6 Å². The van der Waals surface area contributed by atoms with Crippen molar-refractivity contribution < 1.29 is 4.79 Å². The monoisotopic (exact) mass is 239 g/mol. The van der Waals surface area contributed by atoms with Gasteiger partial charge in [-0.3, -0.25) is 9.69 Å². The van der Waals surface area contributed by atoms with Crippen LogP contribution in [0.15, 0.2) is 0 Å². The Morgan fingerprint density at radius 2 is 2.00 bits per heavy atom. The van der Waals surface area contributed by atoms with Gasteiger partial charge in [-0.25, -0.2) is 0 Å². The van der Waals surface area contributed by atoms with Gasteiger partial charge in [0.1, 0.15) is 0 Å². The number of likely N-dealkylation sites (N-methyl/N-ethyl adjacent to an activating group) is 1. The predicted molar refractivity (Wildman–Crippen MR) is 68.6 cm³/mol. The Morgan fingerprint density at radius 3 is 2.53 bits per heavy atom. The van der Waals surface area contributed by atoms with Crippen LogP contribution in [0.25, 0.3) is 0 Å². The van der Waals surface area contributed by atoms with Crippen LogP contribution in [0, 0.1) is 5.92 Å². The zero-order chi connectivity index (χ0) is 12.4. The number of likely N-dealkylation sites (tertiary alicyclic amines) is 1. The third-order valence-corrected chi connectivity index (χ3v) is 4.25. The van der Waals surface area contributed by atoms with Crippen LogP contribution in [-0.4, -0.2) is 54.5 Å². The number of hydrogen-bond donors (Lipinski definition) is 1. The van der Waals surface area contributed by atoms with Crippen molar-refractivity contribution in [1.82, 2.24) is 9.80 Å².